The zero-order valence-corrected chi connectivity index (χ0v) is 15.3. The van der Waals surface area contributed by atoms with Crippen LogP contribution in [0.25, 0.3) is 0 Å². The van der Waals surface area contributed by atoms with Crippen LogP contribution in [-0.4, -0.2) is 42.3 Å². The highest BCUT2D eigenvalue weighted by atomic mass is 16.3. The van der Waals surface area contributed by atoms with E-state index in [4.69, 9.17) is 4.42 Å². The van der Waals surface area contributed by atoms with Crippen LogP contribution in [0.15, 0.2) is 41.2 Å². The maximum atomic E-state index is 12.4. The third kappa shape index (κ3) is 4.72. The van der Waals surface area contributed by atoms with Crippen molar-refractivity contribution in [3.05, 3.63) is 53.5 Å². The van der Waals surface area contributed by atoms with Crippen LogP contribution in [0.2, 0.25) is 0 Å². The van der Waals surface area contributed by atoms with Gasteiger partial charge >= 0.3 is 0 Å². The molecule has 0 aliphatic heterocycles. The lowest BCUT2D eigenvalue weighted by Crippen LogP contribution is -2.47. The Hall–Kier alpha value is -3.09. The number of nitrogens with one attached hydrogen (secondary N) is 2. The molecule has 0 fully saturated rings. The van der Waals surface area contributed by atoms with Crippen LogP contribution in [-0.2, 0) is 9.59 Å². The number of benzene rings is 1. The molecule has 7 nitrogen and oxygen atoms in total. The Morgan fingerprint density at radius 3 is 2.58 bits per heavy atom. The molecule has 2 rings (SSSR count). The summed E-state index contributed by atoms with van der Waals surface area (Å²) in [4.78, 5) is 37.8. The van der Waals surface area contributed by atoms with E-state index in [0.717, 1.165) is 16.8 Å². The minimum Gasteiger partial charge on any atom is -0.472 e. The lowest BCUT2D eigenvalue weighted by atomic mass is 10.1. The monoisotopic (exact) mass is 357 g/mol. The number of hydrogen-bond acceptors (Lipinski definition) is 4. The molecule has 1 heterocycles. The van der Waals surface area contributed by atoms with Gasteiger partial charge in [0.1, 0.15) is 12.3 Å². The number of furan rings is 1. The highest BCUT2D eigenvalue weighted by Crippen LogP contribution is 2.17. The number of nitrogens with zero attached hydrogens (tertiary/aromatic N) is 1. The quantitative estimate of drug-likeness (QED) is 0.828. The molecule has 0 bridgehead atoms. The van der Waals surface area contributed by atoms with Gasteiger partial charge in [0.25, 0.3) is 5.91 Å². The van der Waals surface area contributed by atoms with Crippen molar-refractivity contribution in [1.29, 1.82) is 0 Å². The SMILES string of the molecule is Cc1cccc(NC(=O)CN(C)C(=O)C(C)NC(=O)c2ccoc2)c1C. The fourth-order valence-electron chi connectivity index (χ4n) is 2.44. The number of carbonyl (C=O) groups is 3. The van der Waals surface area contributed by atoms with Crippen LogP contribution in [0.4, 0.5) is 5.69 Å². The van der Waals surface area contributed by atoms with Crippen molar-refractivity contribution in [2.24, 2.45) is 0 Å². The Labute approximate surface area is 152 Å². The van der Waals surface area contributed by atoms with E-state index < -0.39 is 11.9 Å². The first kappa shape index (κ1) is 19.2. The number of rotatable bonds is 6. The third-order valence-corrected chi connectivity index (χ3v) is 4.14. The predicted molar refractivity (Wildman–Crippen MR) is 97.8 cm³/mol. The van der Waals surface area contributed by atoms with E-state index >= 15 is 0 Å². The smallest absolute Gasteiger partial charge is 0.255 e. The molecule has 1 aromatic carbocycles. The highest BCUT2D eigenvalue weighted by molar-refractivity contribution is 5.99. The van der Waals surface area contributed by atoms with E-state index in [0.29, 0.717) is 5.56 Å². The minimum absolute atomic E-state index is 0.113. The lowest BCUT2D eigenvalue weighted by molar-refractivity contribution is -0.134. The van der Waals surface area contributed by atoms with Crippen molar-refractivity contribution in [3.8, 4) is 0 Å². The van der Waals surface area contributed by atoms with Crippen molar-refractivity contribution >= 4 is 23.4 Å². The van der Waals surface area contributed by atoms with Gasteiger partial charge in [-0.15, -0.1) is 0 Å². The lowest BCUT2D eigenvalue weighted by Gasteiger charge is -2.22. The molecule has 0 aliphatic rings. The molecule has 1 unspecified atom stereocenters. The van der Waals surface area contributed by atoms with Gasteiger partial charge < -0.3 is 20.0 Å². The second-order valence-electron chi connectivity index (χ2n) is 6.20. The van der Waals surface area contributed by atoms with E-state index in [2.05, 4.69) is 10.6 Å². The van der Waals surface area contributed by atoms with Gasteiger partial charge in [-0.05, 0) is 44.0 Å². The van der Waals surface area contributed by atoms with Gasteiger partial charge in [-0.1, -0.05) is 12.1 Å². The Morgan fingerprint density at radius 1 is 1.19 bits per heavy atom. The first-order valence-corrected chi connectivity index (χ1v) is 8.23. The van der Waals surface area contributed by atoms with Gasteiger partial charge in [-0.3, -0.25) is 14.4 Å². The average Bonchev–Trinajstić information content (AvgIpc) is 3.12. The standard InChI is InChI=1S/C19H23N3O4/c1-12-6-5-7-16(13(12)2)21-17(23)10-22(4)19(25)14(3)20-18(24)15-8-9-26-11-15/h5-9,11,14H,10H2,1-4H3,(H,20,24)(H,21,23). The summed E-state index contributed by atoms with van der Waals surface area (Å²) in [6.45, 7) is 5.34. The maximum Gasteiger partial charge on any atom is 0.255 e. The third-order valence-electron chi connectivity index (χ3n) is 4.14. The van der Waals surface area contributed by atoms with Crippen LogP contribution in [0.5, 0.6) is 0 Å². The highest BCUT2D eigenvalue weighted by Gasteiger charge is 2.22. The summed E-state index contributed by atoms with van der Waals surface area (Å²) in [5.41, 5.74) is 3.11. The first-order valence-electron chi connectivity index (χ1n) is 8.23. The molecule has 0 spiro atoms. The minimum atomic E-state index is -0.768. The molecule has 2 aromatic rings. The fourth-order valence-corrected chi connectivity index (χ4v) is 2.44. The van der Waals surface area contributed by atoms with E-state index in [1.165, 1.54) is 30.5 Å². The summed E-state index contributed by atoms with van der Waals surface area (Å²) in [6, 6.07) is 6.38. The van der Waals surface area contributed by atoms with Gasteiger partial charge in [0.15, 0.2) is 0 Å². The Bertz CT molecular complexity index is 799. The number of anilines is 1. The molecule has 3 amide bonds. The molecule has 0 aliphatic carbocycles. The van der Waals surface area contributed by atoms with E-state index in [1.807, 2.05) is 32.0 Å². The molecule has 26 heavy (non-hydrogen) atoms. The van der Waals surface area contributed by atoms with Crippen molar-refractivity contribution in [2.75, 3.05) is 18.9 Å². The average molecular weight is 357 g/mol. The summed E-state index contributed by atoms with van der Waals surface area (Å²) in [5, 5.41) is 5.39. The molecule has 2 N–H and O–H groups in total. The van der Waals surface area contributed by atoms with E-state index in [-0.39, 0.29) is 18.4 Å². The molecule has 1 aromatic heterocycles. The number of hydrogen-bond donors (Lipinski definition) is 2. The van der Waals surface area contributed by atoms with Crippen LogP contribution in [0.1, 0.15) is 28.4 Å². The fraction of sp³-hybridized carbons (Fsp3) is 0.316. The van der Waals surface area contributed by atoms with Crippen LogP contribution >= 0.6 is 0 Å². The van der Waals surface area contributed by atoms with Crippen LogP contribution in [0, 0.1) is 13.8 Å². The molecule has 1 atom stereocenters. The van der Waals surface area contributed by atoms with Gasteiger partial charge in [0, 0.05) is 12.7 Å². The topological polar surface area (TPSA) is 91.7 Å². The van der Waals surface area contributed by atoms with Crippen LogP contribution in [0.3, 0.4) is 0 Å². The first-order chi connectivity index (χ1) is 12.3. The molecule has 0 saturated carbocycles. The Morgan fingerprint density at radius 2 is 1.92 bits per heavy atom. The number of likely N-dealkylation sites (N-methyl/N-ethyl adjacent to an activating group) is 1. The Kier molecular flexibility index (Phi) is 6.16. The summed E-state index contributed by atoms with van der Waals surface area (Å²) in [5.74, 6) is -1.08. The van der Waals surface area contributed by atoms with Gasteiger partial charge in [-0.2, -0.15) is 0 Å². The maximum absolute atomic E-state index is 12.4. The second kappa shape index (κ2) is 8.33. The number of aryl methyl sites for hydroxylation is 1. The van der Waals surface area contributed by atoms with Gasteiger partial charge in [0.2, 0.25) is 11.8 Å². The summed E-state index contributed by atoms with van der Waals surface area (Å²) in [6.07, 6.45) is 2.68. The van der Waals surface area contributed by atoms with E-state index in [9.17, 15) is 14.4 Å². The van der Waals surface area contributed by atoms with Gasteiger partial charge in [-0.25, -0.2) is 0 Å². The Balaban J connectivity index is 1.90. The molecular formula is C19H23N3O4. The summed E-state index contributed by atoms with van der Waals surface area (Å²) >= 11 is 0. The zero-order valence-electron chi connectivity index (χ0n) is 15.3. The van der Waals surface area contributed by atoms with Crippen molar-refractivity contribution in [3.63, 3.8) is 0 Å². The largest absolute Gasteiger partial charge is 0.472 e. The second-order valence-corrected chi connectivity index (χ2v) is 6.20. The molecular weight excluding hydrogens is 334 g/mol. The molecule has 0 saturated heterocycles. The summed E-state index contributed by atoms with van der Waals surface area (Å²) in [7, 11) is 1.52. The molecule has 0 radical (unpaired) electrons. The van der Waals surface area contributed by atoms with Crippen molar-refractivity contribution in [2.45, 2.75) is 26.8 Å². The number of amides is 3. The molecule has 138 valence electrons. The number of carbonyl (C=O) groups excluding carboxylic acids is 3. The summed E-state index contributed by atoms with van der Waals surface area (Å²) < 4.78 is 4.84. The predicted octanol–water partition coefficient (Wildman–Crippen LogP) is 2.11. The normalized spacial score (nSPS) is 11.5. The van der Waals surface area contributed by atoms with Crippen LogP contribution < -0.4 is 10.6 Å². The van der Waals surface area contributed by atoms with E-state index in [1.54, 1.807) is 6.92 Å². The molecule has 7 heteroatoms. The van der Waals surface area contributed by atoms with Crippen molar-refractivity contribution < 1.29 is 18.8 Å². The van der Waals surface area contributed by atoms with Crippen molar-refractivity contribution in [1.82, 2.24) is 10.2 Å². The van der Waals surface area contributed by atoms with Gasteiger partial charge in [0.05, 0.1) is 18.4 Å². The zero-order chi connectivity index (χ0) is 19.3.